The number of hydrogen-bond acceptors (Lipinski definition) is 14. The summed E-state index contributed by atoms with van der Waals surface area (Å²) in [7, 11) is 0. The fourth-order valence-electron chi connectivity index (χ4n) is 6.42. The van der Waals surface area contributed by atoms with E-state index in [4.69, 9.17) is 17.3 Å². The Kier molecular flexibility index (Phi) is 12.0. The van der Waals surface area contributed by atoms with Crippen molar-refractivity contribution in [3.8, 4) is 23.0 Å². The van der Waals surface area contributed by atoms with Gasteiger partial charge in [0.2, 0.25) is 11.0 Å². The molecule has 300 valence electrons. The summed E-state index contributed by atoms with van der Waals surface area (Å²) in [6, 6.07) is 5.89. The highest BCUT2D eigenvalue weighted by Gasteiger charge is 2.31. The van der Waals surface area contributed by atoms with Gasteiger partial charge in [-0.05, 0) is 89.5 Å². The number of hydrogen-bond donors (Lipinski definition) is 4. The third kappa shape index (κ3) is 9.95. The van der Waals surface area contributed by atoms with E-state index in [9.17, 15) is 39.2 Å². The molecule has 0 atom stereocenters. The second kappa shape index (κ2) is 16.7. The van der Waals surface area contributed by atoms with Crippen molar-refractivity contribution in [3.05, 3.63) is 98.5 Å². The minimum Gasteiger partial charge on any atom is -0.390 e. The van der Waals surface area contributed by atoms with Gasteiger partial charge in [0.15, 0.2) is 11.6 Å². The van der Waals surface area contributed by atoms with Crippen LogP contribution in [0, 0.1) is 31.9 Å². The number of nitrogens with two attached hydrogens (primary N) is 1. The molecule has 2 fully saturated rings. The van der Waals surface area contributed by atoms with E-state index in [-0.39, 0.29) is 34.3 Å². The lowest BCUT2D eigenvalue weighted by Gasteiger charge is -2.33. The molecule has 0 radical (unpaired) electrons. The van der Waals surface area contributed by atoms with Crippen LogP contribution in [0.25, 0.3) is 34.3 Å². The van der Waals surface area contributed by atoms with Crippen molar-refractivity contribution in [3.63, 3.8) is 0 Å². The van der Waals surface area contributed by atoms with Gasteiger partial charge in [-0.2, -0.15) is 0 Å². The molecule has 6 aromatic rings. The number of aliphatic hydroxyl groups is 2. The van der Waals surface area contributed by atoms with Crippen molar-refractivity contribution in [2.45, 2.75) is 88.5 Å². The smallest absolute Gasteiger partial charge is 0.329 e. The van der Waals surface area contributed by atoms with Crippen molar-refractivity contribution in [2.24, 2.45) is 5.73 Å². The molecular weight excluding hydrogens is 770 g/mol. The lowest BCUT2D eigenvalue weighted by Crippen LogP contribution is -2.36. The van der Waals surface area contributed by atoms with E-state index in [1.165, 1.54) is 57.9 Å². The molecule has 0 saturated heterocycles. The zero-order chi connectivity index (χ0) is 41.1. The average Bonchev–Trinajstić information content (AvgIpc) is 3.78. The van der Waals surface area contributed by atoms with Crippen LogP contribution in [0.3, 0.4) is 0 Å². The predicted octanol–water partition coefficient (Wildman–Crippen LogP) is 6.07. The molecule has 0 aliphatic heterocycles. The summed E-state index contributed by atoms with van der Waals surface area (Å²) in [6.07, 6.45) is 13.8. The third-order valence-corrected chi connectivity index (χ3v) is 10.1. The molecular formula is C36H39ClF2N12O6. The summed E-state index contributed by atoms with van der Waals surface area (Å²) < 4.78 is 29.8. The summed E-state index contributed by atoms with van der Waals surface area (Å²) in [5.41, 5.74) is 5.72. The molecule has 5 N–H and O–H groups in total. The van der Waals surface area contributed by atoms with Crippen molar-refractivity contribution < 1.29 is 28.8 Å². The molecule has 8 rings (SSSR count). The van der Waals surface area contributed by atoms with E-state index in [1.54, 1.807) is 6.92 Å². The zero-order valence-corrected chi connectivity index (χ0v) is 31.6. The van der Waals surface area contributed by atoms with E-state index >= 15 is 0 Å². The molecule has 6 aromatic heterocycles. The Morgan fingerprint density at radius 1 is 0.754 bits per heavy atom. The van der Waals surface area contributed by atoms with Crippen LogP contribution in [-0.2, 0) is 0 Å². The lowest BCUT2D eigenvalue weighted by atomic mass is 9.84. The first-order valence-corrected chi connectivity index (χ1v) is 18.3. The Hall–Kier alpha value is -5.83. The number of anilines is 1. The number of fused-ring (bicyclic) bond motifs is 2. The van der Waals surface area contributed by atoms with Crippen LogP contribution in [0.1, 0.15) is 65.2 Å². The number of nitrogens with zero attached hydrogens (tertiary/aromatic N) is 10. The fourth-order valence-corrected chi connectivity index (χ4v) is 6.62. The Balaban J connectivity index is 0.000000164. The molecule has 0 spiro atoms. The molecule has 0 aromatic carbocycles. The maximum atomic E-state index is 13.6. The van der Waals surface area contributed by atoms with Gasteiger partial charge in [-0.1, -0.05) is 11.6 Å². The monoisotopic (exact) mass is 808 g/mol. The van der Waals surface area contributed by atoms with E-state index in [0.717, 1.165) is 38.1 Å². The Morgan fingerprint density at radius 2 is 1.21 bits per heavy atom. The number of nitrogens with one attached hydrogen (secondary N) is 1. The molecule has 2 aliphatic carbocycles. The normalized spacial score (nSPS) is 21.9. The number of imidazole rings is 2. The summed E-state index contributed by atoms with van der Waals surface area (Å²) in [5.74, 6) is -0.466. The second-order valence-corrected chi connectivity index (χ2v) is 14.9. The number of aromatic nitrogens is 8. The van der Waals surface area contributed by atoms with Crippen LogP contribution in [0.5, 0.6) is 0 Å². The van der Waals surface area contributed by atoms with Crippen LogP contribution < -0.4 is 11.1 Å². The van der Waals surface area contributed by atoms with Crippen LogP contribution >= 0.6 is 11.6 Å². The van der Waals surface area contributed by atoms with Crippen LogP contribution in [0.2, 0.25) is 5.15 Å². The van der Waals surface area contributed by atoms with E-state index in [0.29, 0.717) is 54.4 Å². The largest absolute Gasteiger partial charge is 0.390 e. The van der Waals surface area contributed by atoms with Crippen molar-refractivity contribution in [1.82, 2.24) is 38.7 Å². The van der Waals surface area contributed by atoms with Gasteiger partial charge in [0.1, 0.15) is 46.7 Å². The minimum atomic E-state index is -0.707. The van der Waals surface area contributed by atoms with Gasteiger partial charge in [0, 0.05) is 24.5 Å². The van der Waals surface area contributed by atoms with Crippen molar-refractivity contribution >= 4 is 40.1 Å². The van der Waals surface area contributed by atoms with Crippen molar-refractivity contribution in [2.75, 3.05) is 5.32 Å². The Morgan fingerprint density at radius 3 is 1.67 bits per heavy atom. The minimum absolute atomic E-state index is 0.0405. The zero-order valence-electron chi connectivity index (χ0n) is 30.8. The van der Waals surface area contributed by atoms with Gasteiger partial charge in [-0.25, -0.2) is 38.7 Å². The standard InChI is InChI=1S/C18H19FN6O3.C11H5ClFN5O2.C7H15NO/c1-18(26)6-4-12(5-7-18)22-17-14(25(27)28)9-21-16(23-17)13-8-20-15-3-2-11(19)10-24(13)15;12-10-7(18(19)20)3-15-11(16-10)8-4-14-9-2-1-6(13)5-17(8)9;1-7(9)4-2-6(8)3-5-7/h2-3,8-10,12,26H,4-7H2,1H3,(H,21,22,23);1-5H;6,9H,2-5,8H2,1H3. The van der Waals surface area contributed by atoms with Gasteiger partial charge in [-0.3, -0.25) is 29.0 Å². The predicted molar refractivity (Wildman–Crippen MR) is 204 cm³/mol. The number of nitro groups is 2. The number of pyridine rings is 2. The van der Waals surface area contributed by atoms with Gasteiger partial charge in [0.25, 0.3) is 0 Å². The maximum Gasteiger partial charge on any atom is 0.329 e. The third-order valence-electron chi connectivity index (χ3n) is 9.80. The quantitative estimate of drug-likeness (QED) is 0.0846. The SMILES string of the molecule is CC1(O)CCC(N)CC1.CC1(O)CCC(Nc2nc(-c3cnc4ccc(F)cn34)ncc2[N+](=O)[O-])CC1.O=[N+]([O-])c1cnc(-c2cnc3ccc(F)cn23)nc1Cl. The van der Waals surface area contributed by atoms with Crippen LogP contribution in [0.4, 0.5) is 26.0 Å². The maximum absolute atomic E-state index is 13.6. The summed E-state index contributed by atoms with van der Waals surface area (Å²) in [5, 5.41) is 44.4. The first-order valence-electron chi connectivity index (χ1n) is 17.9. The molecule has 6 heterocycles. The lowest BCUT2D eigenvalue weighted by molar-refractivity contribution is -0.385. The van der Waals surface area contributed by atoms with Crippen LogP contribution in [0.15, 0.2) is 61.4 Å². The second-order valence-electron chi connectivity index (χ2n) is 14.5. The highest BCUT2D eigenvalue weighted by atomic mass is 35.5. The summed E-state index contributed by atoms with van der Waals surface area (Å²) in [6.45, 7) is 3.68. The molecule has 21 heteroatoms. The molecule has 0 bridgehead atoms. The van der Waals surface area contributed by atoms with E-state index in [2.05, 4.69) is 35.2 Å². The molecule has 18 nitrogen and oxygen atoms in total. The topological polar surface area (TPSA) is 251 Å². The number of rotatable bonds is 6. The van der Waals surface area contributed by atoms with Gasteiger partial charge < -0.3 is 21.3 Å². The summed E-state index contributed by atoms with van der Waals surface area (Å²) >= 11 is 5.73. The highest BCUT2D eigenvalue weighted by Crippen LogP contribution is 2.32. The molecule has 2 aliphatic rings. The van der Waals surface area contributed by atoms with Crippen molar-refractivity contribution in [1.29, 1.82) is 0 Å². The average molecular weight is 809 g/mol. The number of halogens is 3. The van der Waals surface area contributed by atoms with E-state index < -0.39 is 38.4 Å². The molecule has 2 saturated carbocycles. The first kappa shape index (κ1) is 40.8. The van der Waals surface area contributed by atoms with Gasteiger partial charge >= 0.3 is 11.4 Å². The van der Waals surface area contributed by atoms with E-state index in [1.807, 2.05) is 6.92 Å². The Labute approximate surface area is 328 Å². The van der Waals surface area contributed by atoms with Gasteiger partial charge in [0.05, 0.1) is 33.4 Å². The molecule has 57 heavy (non-hydrogen) atoms. The van der Waals surface area contributed by atoms with Crippen LogP contribution in [-0.4, -0.2) is 82.1 Å². The molecule has 0 unspecified atom stereocenters. The fraction of sp³-hybridized carbons (Fsp3) is 0.389. The first-order chi connectivity index (χ1) is 27.0. The highest BCUT2D eigenvalue weighted by molar-refractivity contribution is 6.31. The summed E-state index contributed by atoms with van der Waals surface area (Å²) in [4.78, 5) is 45.2. The Bertz CT molecular complexity index is 2410. The molecule has 0 amide bonds. The van der Waals surface area contributed by atoms with Gasteiger partial charge in [-0.15, -0.1) is 0 Å².